The molecule has 0 radical (unpaired) electrons. The fourth-order valence-corrected chi connectivity index (χ4v) is 9.32. The Morgan fingerprint density at radius 2 is 1.48 bits per heavy atom. The number of alkyl halides is 3. The predicted octanol–water partition coefficient (Wildman–Crippen LogP) is 5.76. The van der Waals surface area contributed by atoms with Gasteiger partial charge in [0, 0.05) is 34.7 Å². The van der Waals surface area contributed by atoms with Crippen LogP contribution >= 0.6 is 0 Å². The van der Waals surface area contributed by atoms with Crippen LogP contribution in [0, 0.1) is 17.6 Å². The standard InChI is InChI=1S/C45H67F5N6O7/c1-9-10-23-51-32(20-19-28-25-30(46)36(31(47)26-28)45(48,49)50)39(59)56-24-15-18-33(56)38(58)52-44(21-13-14-22-44)42(62)55(8)37(29-16-11-12-17-29)41(61)54(7)34(40(60)53(5)6)27-35(57)63-43(2,3)4/h25-26,29,32-34,37,51H,9-24,27H2,1-8H3,(H,52,58)/t32-,33-,34-,37-/m0/s1. The van der Waals surface area contributed by atoms with Gasteiger partial charge in [0.25, 0.3) is 0 Å². The van der Waals surface area contributed by atoms with Gasteiger partial charge in [-0.1, -0.05) is 39.0 Å². The van der Waals surface area contributed by atoms with Crippen LogP contribution in [-0.4, -0.2) is 132 Å². The molecule has 2 saturated carbocycles. The summed E-state index contributed by atoms with van der Waals surface area (Å²) in [5.74, 6) is -6.88. The Balaban J connectivity index is 1.57. The fraction of sp³-hybridized carbons (Fsp3) is 0.733. The number of unbranched alkanes of at least 4 members (excludes halogenated alkanes) is 1. The zero-order valence-electron chi connectivity index (χ0n) is 38.1. The van der Waals surface area contributed by atoms with Crippen LogP contribution in [0.2, 0.25) is 0 Å². The molecule has 4 atom stereocenters. The number of carbonyl (C=O) groups is 6. The van der Waals surface area contributed by atoms with Crippen molar-refractivity contribution in [3.8, 4) is 0 Å². The van der Waals surface area contributed by atoms with E-state index >= 15 is 0 Å². The van der Waals surface area contributed by atoms with E-state index in [0.29, 0.717) is 63.6 Å². The van der Waals surface area contributed by atoms with Gasteiger partial charge in [-0.25, -0.2) is 8.78 Å². The van der Waals surface area contributed by atoms with Crippen LogP contribution in [0.25, 0.3) is 0 Å². The van der Waals surface area contributed by atoms with Crippen molar-refractivity contribution in [3.05, 3.63) is 34.9 Å². The van der Waals surface area contributed by atoms with Crippen molar-refractivity contribution in [2.45, 2.75) is 165 Å². The molecule has 1 saturated heterocycles. The lowest BCUT2D eigenvalue weighted by Gasteiger charge is -2.41. The van der Waals surface area contributed by atoms with E-state index in [0.717, 1.165) is 19.3 Å². The number of halogens is 5. The van der Waals surface area contributed by atoms with Gasteiger partial charge in [0.15, 0.2) is 0 Å². The van der Waals surface area contributed by atoms with Gasteiger partial charge in [-0.05, 0) is 109 Å². The van der Waals surface area contributed by atoms with Gasteiger partial charge in [0.1, 0.15) is 46.5 Å². The number of ether oxygens (including phenoxy) is 1. The third kappa shape index (κ3) is 12.9. The van der Waals surface area contributed by atoms with Crippen LogP contribution in [0.15, 0.2) is 12.1 Å². The first-order chi connectivity index (χ1) is 29.4. The molecule has 4 rings (SSSR count). The highest BCUT2D eigenvalue weighted by Crippen LogP contribution is 2.37. The molecule has 5 amide bonds. The number of hydrogen-bond acceptors (Lipinski definition) is 8. The van der Waals surface area contributed by atoms with Crippen LogP contribution in [0.5, 0.6) is 0 Å². The monoisotopic (exact) mass is 898 g/mol. The first-order valence-electron chi connectivity index (χ1n) is 22.3. The molecule has 0 spiro atoms. The number of nitrogens with one attached hydrogen (secondary N) is 2. The Bertz CT molecular complexity index is 1790. The molecule has 63 heavy (non-hydrogen) atoms. The first kappa shape index (κ1) is 51.3. The number of carbonyl (C=O) groups excluding carboxylic acids is 6. The van der Waals surface area contributed by atoms with Gasteiger partial charge in [-0.15, -0.1) is 0 Å². The Hall–Kier alpha value is -4.35. The van der Waals surface area contributed by atoms with Gasteiger partial charge < -0.3 is 35.0 Å². The molecule has 1 aliphatic heterocycles. The number of nitrogens with zero attached hydrogens (tertiary/aromatic N) is 4. The number of likely N-dealkylation sites (N-methyl/N-ethyl adjacent to an activating group) is 3. The molecule has 1 aromatic carbocycles. The van der Waals surface area contributed by atoms with Crippen molar-refractivity contribution in [2.75, 3.05) is 41.3 Å². The molecule has 2 aliphatic carbocycles. The molecular formula is C45H67F5N6O7. The van der Waals surface area contributed by atoms with Crippen LogP contribution in [0.3, 0.4) is 0 Å². The second-order valence-corrected chi connectivity index (χ2v) is 18.7. The summed E-state index contributed by atoms with van der Waals surface area (Å²) in [6.45, 7) is 7.67. The molecule has 13 nitrogen and oxygen atoms in total. The van der Waals surface area contributed by atoms with Crippen molar-refractivity contribution < 1.29 is 55.5 Å². The third-order valence-corrected chi connectivity index (χ3v) is 12.6. The zero-order valence-corrected chi connectivity index (χ0v) is 38.1. The topological polar surface area (TPSA) is 149 Å². The van der Waals surface area contributed by atoms with E-state index in [1.165, 1.54) is 47.8 Å². The van der Waals surface area contributed by atoms with E-state index in [-0.39, 0.29) is 43.7 Å². The molecular weight excluding hydrogens is 832 g/mol. The van der Waals surface area contributed by atoms with Gasteiger partial charge in [0.05, 0.1) is 12.5 Å². The molecule has 0 bridgehead atoms. The van der Waals surface area contributed by atoms with E-state index in [4.69, 9.17) is 4.74 Å². The minimum Gasteiger partial charge on any atom is -0.460 e. The summed E-state index contributed by atoms with van der Waals surface area (Å²) >= 11 is 0. The lowest BCUT2D eigenvalue weighted by atomic mass is 9.90. The van der Waals surface area contributed by atoms with E-state index < -0.39 is 101 Å². The Morgan fingerprint density at radius 1 is 0.873 bits per heavy atom. The highest BCUT2D eigenvalue weighted by atomic mass is 19.4. The van der Waals surface area contributed by atoms with E-state index in [9.17, 15) is 50.7 Å². The minimum absolute atomic E-state index is 0.0192. The maximum absolute atomic E-state index is 14.9. The second-order valence-electron chi connectivity index (χ2n) is 18.7. The number of benzene rings is 1. The van der Waals surface area contributed by atoms with Gasteiger partial charge >= 0.3 is 12.1 Å². The number of amides is 5. The van der Waals surface area contributed by atoms with Crippen LogP contribution in [0.1, 0.15) is 129 Å². The zero-order chi connectivity index (χ0) is 47.0. The summed E-state index contributed by atoms with van der Waals surface area (Å²) in [5.41, 5.74) is -4.27. The number of likely N-dealkylation sites (tertiary alicyclic amines) is 1. The second kappa shape index (κ2) is 21.6. The number of esters is 1. The summed E-state index contributed by atoms with van der Waals surface area (Å²) in [4.78, 5) is 90.0. The molecule has 354 valence electrons. The van der Waals surface area contributed by atoms with Crippen molar-refractivity contribution in [1.82, 2.24) is 30.2 Å². The summed E-state index contributed by atoms with van der Waals surface area (Å²) in [6.07, 6.45) is 1.22. The molecule has 3 fully saturated rings. The molecule has 0 unspecified atom stereocenters. The first-order valence-corrected chi connectivity index (χ1v) is 22.3. The molecule has 2 N–H and O–H groups in total. The van der Waals surface area contributed by atoms with E-state index in [2.05, 4.69) is 10.6 Å². The summed E-state index contributed by atoms with van der Waals surface area (Å²) < 4.78 is 74.0. The van der Waals surface area contributed by atoms with Crippen molar-refractivity contribution in [3.63, 3.8) is 0 Å². The Labute approximate surface area is 368 Å². The third-order valence-electron chi connectivity index (χ3n) is 12.6. The average Bonchev–Trinajstić information content (AvgIpc) is 3.99. The normalized spacial score (nSPS) is 19.3. The SMILES string of the molecule is CCCCN[C@@H](CCc1cc(F)c(C(F)(F)F)c(F)c1)C(=O)N1CCC[C@H]1C(=O)NC1(C(=O)N(C)[C@H](C(=O)N(C)[C@@H](CC(=O)OC(C)(C)C)C(=O)N(C)C)C2CCCC2)CCCC1. The lowest BCUT2D eigenvalue weighted by Crippen LogP contribution is -2.65. The molecule has 0 aromatic heterocycles. The highest BCUT2D eigenvalue weighted by molar-refractivity contribution is 5.98. The number of aryl methyl sites for hydroxylation is 1. The maximum atomic E-state index is 14.9. The molecule has 18 heteroatoms. The summed E-state index contributed by atoms with van der Waals surface area (Å²) in [6, 6.07) is -2.88. The molecule has 1 heterocycles. The van der Waals surface area contributed by atoms with Gasteiger partial charge in [0.2, 0.25) is 29.5 Å². The molecule has 3 aliphatic rings. The highest BCUT2D eigenvalue weighted by Gasteiger charge is 2.51. The summed E-state index contributed by atoms with van der Waals surface area (Å²) in [7, 11) is 6.03. The fourth-order valence-electron chi connectivity index (χ4n) is 9.32. The number of hydrogen-bond donors (Lipinski definition) is 2. The number of rotatable bonds is 18. The Kier molecular flexibility index (Phi) is 17.5. The van der Waals surface area contributed by atoms with Crippen LogP contribution in [0.4, 0.5) is 22.0 Å². The average molecular weight is 899 g/mol. The lowest BCUT2D eigenvalue weighted by molar-refractivity contribution is -0.161. The molecule has 1 aromatic rings. The predicted molar refractivity (Wildman–Crippen MR) is 225 cm³/mol. The minimum atomic E-state index is -5.22. The van der Waals surface area contributed by atoms with Gasteiger partial charge in [-0.3, -0.25) is 28.8 Å². The van der Waals surface area contributed by atoms with Crippen molar-refractivity contribution in [1.29, 1.82) is 0 Å². The van der Waals surface area contributed by atoms with Gasteiger partial charge in [-0.2, -0.15) is 13.2 Å². The van der Waals surface area contributed by atoms with E-state index in [1.54, 1.807) is 20.8 Å². The van der Waals surface area contributed by atoms with Crippen LogP contribution in [-0.2, 0) is 46.1 Å². The summed E-state index contributed by atoms with van der Waals surface area (Å²) in [5, 5.41) is 6.20. The van der Waals surface area contributed by atoms with Crippen molar-refractivity contribution in [2.24, 2.45) is 5.92 Å². The maximum Gasteiger partial charge on any atom is 0.422 e. The Morgan fingerprint density at radius 3 is 2.02 bits per heavy atom. The smallest absolute Gasteiger partial charge is 0.422 e. The largest absolute Gasteiger partial charge is 0.460 e. The van der Waals surface area contributed by atoms with Crippen molar-refractivity contribution >= 4 is 35.5 Å². The van der Waals surface area contributed by atoms with Crippen LogP contribution < -0.4 is 10.6 Å². The van der Waals surface area contributed by atoms with E-state index in [1.807, 2.05) is 6.92 Å². The quantitative estimate of drug-likeness (QED) is 0.108.